The molecule has 0 heterocycles. The molecule has 0 radical (unpaired) electrons. The summed E-state index contributed by atoms with van der Waals surface area (Å²) in [6.45, 7) is 4.22. The van der Waals surface area contributed by atoms with Gasteiger partial charge in [-0.1, -0.05) is 54.1 Å². The first-order valence-electron chi connectivity index (χ1n) is 9.94. The number of carbonyl (C=O) groups excluding carboxylic acids is 1. The Morgan fingerprint density at radius 2 is 1.65 bits per heavy atom. The average Bonchev–Trinajstić information content (AvgIpc) is 2.74. The van der Waals surface area contributed by atoms with Crippen molar-refractivity contribution in [3.8, 4) is 5.75 Å². The highest BCUT2D eigenvalue weighted by Crippen LogP contribution is 2.33. The smallest absolute Gasteiger partial charge is 0.307 e. The van der Waals surface area contributed by atoms with Crippen molar-refractivity contribution in [3.05, 3.63) is 71.2 Å². The van der Waals surface area contributed by atoms with Crippen LogP contribution in [0.25, 0.3) is 10.8 Å². The molecular formula is C23H24ClNO5S. The summed E-state index contributed by atoms with van der Waals surface area (Å²) in [6.07, 6.45) is -0.189. The molecule has 0 amide bonds. The van der Waals surface area contributed by atoms with Crippen molar-refractivity contribution in [1.29, 1.82) is 0 Å². The Kier molecular flexibility index (Phi) is 7.54. The molecule has 164 valence electrons. The standard InChI is InChI=1S/C23H24ClNO5S/c1-3-29-21-13-14-22(17-10-6-5-9-16(17)21)31(27,28)25-20(15-23(26)30-4-2)18-11-7-8-12-19(18)24/h5-14,20,25H,3-4,15H2,1-2H3. The first-order valence-corrected chi connectivity index (χ1v) is 11.8. The number of esters is 1. The molecule has 1 N–H and O–H groups in total. The molecule has 0 bridgehead atoms. The minimum Gasteiger partial charge on any atom is -0.493 e. The third-order valence-corrected chi connectivity index (χ3v) is 6.56. The van der Waals surface area contributed by atoms with E-state index in [4.69, 9.17) is 21.1 Å². The molecule has 0 spiro atoms. The maximum absolute atomic E-state index is 13.4. The molecule has 0 fully saturated rings. The van der Waals surface area contributed by atoms with Crippen molar-refractivity contribution in [3.63, 3.8) is 0 Å². The van der Waals surface area contributed by atoms with Gasteiger partial charge in [0.2, 0.25) is 10.0 Å². The van der Waals surface area contributed by atoms with Gasteiger partial charge in [-0.05, 0) is 37.6 Å². The van der Waals surface area contributed by atoms with E-state index in [1.807, 2.05) is 19.1 Å². The van der Waals surface area contributed by atoms with Crippen LogP contribution >= 0.6 is 11.6 Å². The second kappa shape index (κ2) is 10.1. The summed E-state index contributed by atoms with van der Waals surface area (Å²) in [5.74, 6) is 0.0814. The van der Waals surface area contributed by atoms with E-state index in [1.165, 1.54) is 6.07 Å². The van der Waals surface area contributed by atoms with Crippen LogP contribution in [0.2, 0.25) is 5.02 Å². The Hall–Kier alpha value is -2.61. The summed E-state index contributed by atoms with van der Waals surface area (Å²) in [4.78, 5) is 12.3. The Morgan fingerprint density at radius 3 is 2.32 bits per heavy atom. The minimum atomic E-state index is -4.02. The molecule has 0 aliphatic carbocycles. The zero-order valence-corrected chi connectivity index (χ0v) is 18.9. The van der Waals surface area contributed by atoms with Crippen LogP contribution in [0.1, 0.15) is 31.9 Å². The van der Waals surface area contributed by atoms with Crippen molar-refractivity contribution in [1.82, 2.24) is 4.72 Å². The van der Waals surface area contributed by atoms with Crippen LogP contribution in [0.15, 0.2) is 65.6 Å². The fourth-order valence-corrected chi connectivity index (χ4v) is 5.06. The SMILES string of the molecule is CCOC(=O)CC(NS(=O)(=O)c1ccc(OCC)c2ccccc12)c1ccccc1Cl. The van der Waals surface area contributed by atoms with Crippen LogP contribution < -0.4 is 9.46 Å². The highest BCUT2D eigenvalue weighted by atomic mass is 35.5. The molecular weight excluding hydrogens is 438 g/mol. The summed E-state index contributed by atoms with van der Waals surface area (Å²) in [5.41, 5.74) is 0.496. The topological polar surface area (TPSA) is 81.7 Å². The zero-order chi connectivity index (χ0) is 22.4. The van der Waals surface area contributed by atoms with Crippen molar-refractivity contribution >= 4 is 38.4 Å². The quantitative estimate of drug-likeness (QED) is 0.460. The second-order valence-corrected chi connectivity index (χ2v) is 8.83. The van der Waals surface area contributed by atoms with Crippen LogP contribution in [0.5, 0.6) is 5.75 Å². The van der Waals surface area contributed by atoms with E-state index in [9.17, 15) is 13.2 Å². The number of hydrogen-bond acceptors (Lipinski definition) is 5. The van der Waals surface area contributed by atoms with Gasteiger partial charge in [-0.25, -0.2) is 13.1 Å². The first kappa shape index (κ1) is 23.1. The Morgan fingerprint density at radius 1 is 0.968 bits per heavy atom. The molecule has 0 aliphatic rings. The molecule has 3 rings (SSSR count). The molecule has 1 atom stereocenters. The number of ether oxygens (including phenoxy) is 2. The molecule has 0 saturated heterocycles. The summed E-state index contributed by atoms with van der Waals surface area (Å²) in [7, 11) is -4.02. The number of sulfonamides is 1. The summed E-state index contributed by atoms with van der Waals surface area (Å²) in [5, 5.41) is 1.57. The van der Waals surface area contributed by atoms with Gasteiger partial charge in [0.05, 0.1) is 30.6 Å². The molecule has 3 aromatic carbocycles. The fourth-order valence-electron chi connectivity index (χ4n) is 3.37. The largest absolute Gasteiger partial charge is 0.493 e. The Labute approximate surface area is 187 Å². The van der Waals surface area contributed by atoms with Gasteiger partial charge < -0.3 is 9.47 Å². The predicted molar refractivity (Wildman–Crippen MR) is 121 cm³/mol. The van der Waals surface area contributed by atoms with Gasteiger partial charge in [0.15, 0.2) is 0 Å². The molecule has 8 heteroatoms. The van der Waals surface area contributed by atoms with Gasteiger partial charge in [0, 0.05) is 15.8 Å². The summed E-state index contributed by atoms with van der Waals surface area (Å²) >= 11 is 6.30. The second-order valence-electron chi connectivity index (χ2n) is 6.74. The van der Waals surface area contributed by atoms with Crippen LogP contribution in [0, 0.1) is 0 Å². The maximum Gasteiger partial charge on any atom is 0.307 e. The van der Waals surface area contributed by atoms with E-state index >= 15 is 0 Å². The summed E-state index contributed by atoms with van der Waals surface area (Å²) < 4.78 is 40.1. The van der Waals surface area contributed by atoms with E-state index in [0.717, 1.165) is 0 Å². The normalized spacial score (nSPS) is 12.5. The number of halogens is 1. The maximum atomic E-state index is 13.4. The predicted octanol–water partition coefficient (Wildman–Crippen LogP) is 4.86. The lowest BCUT2D eigenvalue weighted by molar-refractivity contribution is -0.143. The van der Waals surface area contributed by atoms with E-state index in [-0.39, 0.29) is 17.9 Å². The molecule has 0 aliphatic heterocycles. The van der Waals surface area contributed by atoms with Gasteiger partial charge in [-0.3, -0.25) is 4.79 Å². The molecule has 3 aromatic rings. The number of benzene rings is 3. The highest BCUT2D eigenvalue weighted by Gasteiger charge is 2.27. The van der Waals surface area contributed by atoms with Crippen LogP contribution in [-0.4, -0.2) is 27.6 Å². The van der Waals surface area contributed by atoms with Crippen LogP contribution in [-0.2, 0) is 19.6 Å². The number of hydrogen-bond donors (Lipinski definition) is 1. The third-order valence-electron chi connectivity index (χ3n) is 4.69. The van der Waals surface area contributed by atoms with Gasteiger partial charge in [0.1, 0.15) is 5.75 Å². The number of carbonyl (C=O) groups is 1. The fraction of sp³-hybridized carbons (Fsp3) is 0.261. The average molecular weight is 462 g/mol. The molecule has 6 nitrogen and oxygen atoms in total. The van der Waals surface area contributed by atoms with Gasteiger partial charge in [-0.2, -0.15) is 0 Å². The molecule has 0 saturated carbocycles. The van der Waals surface area contributed by atoms with E-state index in [0.29, 0.717) is 33.7 Å². The van der Waals surface area contributed by atoms with Crippen molar-refractivity contribution < 1.29 is 22.7 Å². The van der Waals surface area contributed by atoms with Crippen molar-refractivity contribution in [2.24, 2.45) is 0 Å². The monoisotopic (exact) mass is 461 g/mol. The number of fused-ring (bicyclic) bond motifs is 1. The number of nitrogens with one attached hydrogen (secondary N) is 1. The Bertz CT molecular complexity index is 1180. The van der Waals surface area contributed by atoms with Gasteiger partial charge >= 0.3 is 5.97 Å². The van der Waals surface area contributed by atoms with Crippen LogP contribution in [0.3, 0.4) is 0 Å². The third kappa shape index (κ3) is 5.36. The summed E-state index contributed by atoms with van der Waals surface area (Å²) in [6, 6.07) is 16.2. The van der Waals surface area contributed by atoms with Crippen LogP contribution in [0.4, 0.5) is 0 Å². The van der Waals surface area contributed by atoms with Gasteiger partial charge in [-0.15, -0.1) is 0 Å². The Balaban J connectivity index is 2.04. The minimum absolute atomic E-state index is 0.0902. The van der Waals surface area contributed by atoms with Crippen molar-refractivity contribution in [2.75, 3.05) is 13.2 Å². The molecule has 31 heavy (non-hydrogen) atoms. The van der Waals surface area contributed by atoms with Crippen molar-refractivity contribution in [2.45, 2.75) is 31.2 Å². The lowest BCUT2D eigenvalue weighted by Gasteiger charge is -2.20. The molecule has 0 aromatic heterocycles. The highest BCUT2D eigenvalue weighted by molar-refractivity contribution is 7.89. The van der Waals surface area contributed by atoms with E-state index in [1.54, 1.807) is 49.4 Å². The van der Waals surface area contributed by atoms with E-state index < -0.39 is 22.0 Å². The lowest BCUT2D eigenvalue weighted by atomic mass is 10.1. The zero-order valence-electron chi connectivity index (χ0n) is 17.3. The van der Waals surface area contributed by atoms with Gasteiger partial charge in [0.25, 0.3) is 0 Å². The molecule has 1 unspecified atom stereocenters. The number of rotatable bonds is 9. The lowest BCUT2D eigenvalue weighted by Crippen LogP contribution is -2.31. The first-order chi connectivity index (χ1) is 14.9. The van der Waals surface area contributed by atoms with E-state index in [2.05, 4.69) is 4.72 Å².